The summed E-state index contributed by atoms with van der Waals surface area (Å²) in [5.74, 6) is 6.69. The predicted octanol–water partition coefficient (Wildman–Crippen LogP) is 1.46. The van der Waals surface area contributed by atoms with Gasteiger partial charge in [-0.3, -0.25) is 0 Å². The lowest BCUT2D eigenvalue weighted by Gasteiger charge is -2.17. The molecule has 2 fully saturated rings. The van der Waals surface area contributed by atoms with Crippen molar-refractivity contribution in [3.05, 3.63) is 29.8 Å². The molecule has 0 unspecified atom stereocenters. The van der Waals surface area contributed by atoms with Crippen LogP contribution in [0.15, 0.2) is 29.2 Å². The zero-order valence-corrected chi connectivity index (χ0v) is 12.7. The summed E-state index contributed by atoms with van der Waals surface area (Å²) in [4.78, 5) is 0.289. The van der Waals surface area contributed by atoms with E-state index < -0.39 is 10.0 Å². The van der Waals surface area contributed by atoms with E-state index in [9.17, 15) is 8.42 Å². The molecule has 0 bridgehead atoms. The quantitative estimate of drug-likeness (QED) is 0.809. The maximum Gasteiger partial charge on any atom is 0.240 e. The van der Waals surface area contributed by atoms with Crippen molar-refractivity contribution < 1.29 is 8.42 Å². The van der Waals surface area contributed by atoms with Crippen LogP contribution in [0, 0.1) is 23.7 Å². The summed E-state index contributed by atoms with van der Waals surface area (Å²) in [6, 6.07) is 6.86. The van der Waals surface area contributed by atoms with Crippen LogP contribution < -0.4 is 10.5 Å². The van der Waals surface area contributed by atoms with Crippen LogP contribution in [-0.4, -0.2) is 21.0 Å². The highest BCUT2D eigenvalue weighted by Gasteiger charge is 2.43. The molecule has 112 valence electrons. The maximum absolute atomic E-state index is 12.5. The van der Waals surface area contributed by atoms with Gasteiger partial charge in [0.05, 0.1) is 11.4 Å². The topological polar surface area (TPSA) is 72.2 Å². The van der Waals surface area contributed by atoms with Crippen LogP contribution in [0.1, 0.15) is 31.2 Å². The number of rotatable bonds is 5. The average molecular weight is 304 g/mol. The average Bonchev–Trinajstić information content (AvgIpc) is 3.36. The number of sulfonamides is 1. The first-order chi connectivity index (χ1) is 10.1. The van der Waals surface area contributed by atoms with Gasteiger partial charge in [0.15, 0.2) is 0 Å². The maximum atomic E-state index is 12.5. The third-order valence-electron chi connectivity index (χ3n) is 4.03. The van der Waals surface area contributed by atoms with Gasteiger partial charge in [0, 0.05) is 11.6 Å². The fourth-order valence-electron chi connectivity index (χ4n) is 2.63. The Hall–Kier alpha value is -1.35. The van der Waals surface area contributed by atoms with Crippen LogP contribution in [0.25, 0.3) is 0 Å². The number of nitrogens with two attached hydrogens (primary N) is 1. The summed E-state index contributed by atoms with van der Waals surface area (Å²) in [6.45, 7) is 0.265. The molecule has 0 radical (unpaired) electrons. The van der Waals surface area contributed by atoms with Gasteiger partial charge in [-0.1, -0.05) is 17.9 Å². The minimum absolute atomic E-state index is 0.119. The Morgan fingerprint density at radius 3 is 2.48 bits per heavy atom. The highest BCUT2D eigenvalue weighted by molar-refractivity contribution is 7.89. The van der Waals surface area contributed by atoms with E-state index in [0.717, 1.165) is 25.7 Å². The molecular formula is C16H20N2O2S. The normalized spacial score (nSPS) is 18.4. The van der Waals surface area contributed by atoms with Crippen molar-refractivity contribution in [2.45, 2.75) is 36.6 Å². The van der Waals surface area contributed by atoms with Gasteiger partial charge in [-0.25, -0.2) is 13.1 Å². The SMILES string of the molecule is NCC#Cc1cccc(S(=O)(=O)NC(C2CC2)C2CC2)c1. The highest BCUT2D eigenvalue weighted by atomic mass is 32.2. The van der Waals surface area contributed by atoms with E-state index in [1.54, 1.807) is 24.3 Å². The van der Waals surface area contributed by atoms with Gasteiger partial charge in [-0.2, -0.15) is 0 Å². The van der Waals surface area contributed by atoms with Crippen molar-refractivity contribution in [1.29, 1.82) is 0 Å². The Kier molecular flexibility index (Phi) is 4.03. The number of hydrogen-bond acceptors (Lipinski definition) is 3. The lowest BCUT2D eigenvalue weighted by atomic mass is 10.1. The predicted molar refractivity (Wildman–Crippen MR) is 81.9 cm³/mol. The molecule has 21 heavy (non-hydrogen) atoms. The molecule has 0 aliphatic heterocycles. The fourth-order valence-corrected chi connectivity index (χ4v) is 4.05. The Morgan fingerprint density at radius 1 is 1.24 bits per heavy atom. The first kappa shape index (κ1) is 14.6. The van der Waals surface area contributed by atoms with Crippen molar-refractivity contribution in [2.24, 2.45) is 17.6 Å². The minimum Gasteiger partial charge on any atom is -0.320 e. The Bertz CT molecular complexity index is 668. The third kappa shape index (κ3) is 3.65. The standard InChI is InChI=1S/C16H20N2O2S/c17-10-2-4-12-3-1-5-15(11-12)21(19,20)18-16(13-6-7-13)14-8-9-14/h1,3,5,11,13-14,16,18H,6-10,17H2. The second-order valence-corrected chi connectivity index (χ2v) is 7.57. The van der Waals surface area contributed by atoms with E-state index in [2.05, 4.69) is 16.6 Å². The van der Waals surface area contributed by atoms with E-state index in [-0.39, 0.29) is 17.5 Å². The van der Waals surface area contributed by atoms with Gasteiger partial charge >= 0.3 is 0 Å². The van der Waals surface area contributed by atoms with E-state index in [0.29, 0.717) is 17.4 Å². The first-order valence-electron chi connectivity index (χ1n) is 7.41. The molecule has 0 heterocycles. The second-order valence-electron chi connectivity index (χ2n) is 5.86. The third-order valence-corrected chi connectivity index (χ3v) is 5.49. The van der Waals surface area contributed by atoms with Crippen LogP contribution in [0.2, 0.25) is 0 Å². The van der Waals surface area contributed by atoms with Crippen molar-refractivity contribution in [3.8, 4) is 11.8 Å². The van der Waals surface area contributed by atoms with E-state index in [1.807, 2.05) is 0 Å². The summed E-state index contributed by atoms with van der Waals surface area (Å²) in [5, 5.41) is 0. The number of hydrogen-bond donors (Lipinski definition) is 2. The molecule has 0 atom stereocenters. The van der Waals surface area contributed by atoms with Crippen LogP contribution in [0.3, 0.4) is 0 Å². The zero-order valence-electron chi connectivity index (χ0n) is 11.9. The largest absolute Gasteiger partial charge is 0.320 e. The van der Waals surface area contributed by atoms with Crippen LogP contribution in [0.5, 0.6) is 0 Å². The molecule has 0 spiro atoms. The number of benzene rings is 1. The summed E-state index contributed by atoms with van der Waals surface area (Å²) in [6.07, 6.45) is 4.58. The Balaban J connectivity index is 1.80. The molecular weight excluding hydrogens is 284 g/mol. The van der Waals surface area contributed by atoms with Crippen LogP contribution >= 0.6 is 0 Å². The van der Waals surface area contributed by atoms with Gasteiger partial charge in [-0.15, -0.1) is 0 Å². The molecule has 2 saturated carbocycles. The van der Waals surface area contributed by atoms with Crippen molar-refractivity contribution >= 4 is 10.0 Å². The highest BCUT2D eigenvalue weighted by Crippen LogP contribution is 2.45. The molecule has 5 heteroatoms. The van der Waals surface area contributed by atoms with Crippen molar-refractivity contribution in [2.75, 3.05) is 6.54 Å². The van der Waals surface area contributed by atoms with Gasteiger partial charge in [0.25, 0.3) is 0 Å². The summed E-state index contributed by atoms with van der Waals surface area (Å²) in [7, 11) is -3.47. The molecule has 3 N–H and O–H groups in total. The summed E-state index contributed by atoms with van der Waals surface area (Å²) in [5.41, 5.74) is 6.02. The van der Waals surface area contributed by atoms with Gasteiger partial charge in [-0.05, 0) is 55.7 Å². The summed E-state index contributed by atoms with van der Waals surface area (Å²) < 4.78 is 28.0. The van der Waals surface area contributed by atoms with Gasteiger partial charge in [0.2, 0.25) is 10.0 Å². The monoisotopic (exact) mass is 304 g/mol. The van der Waals surface area contributed by atoms with E-state index in [4.69, 9.17) is 5.73 Å². The van der Waals surface area contributed by atoms with Gasteiger partial charge in [0.1, 0.15) is 0 Å². The minimum atomic E-state index is -3.47. The molecule has 0 aromatic heterocycles. The molecule has 1 aromatic carbocycles. The molecule has 0 saturated heterocycles. The summed E-state index contributed by atoms with van der Waals surface area (Å²) >= 11 is 0. The first-order valence-corrected chi connectivity index (χ1v) is 8.90. The fraction of sp³-hybridized carbons (Fsp3) is 0.500. The van der Waals surface area contributed by atoms with Gasteiger partial charge < -0.3 is 5.73 Å². The zero-order chi connectivity index (χ0) is 14.9. The molecule has 1 aromatic rings. The smallest absolute Gasteiger partial charge is 0.240 e. The van der Waals surface area contributed by atoms with E-state index >= 15 is 0 Å². The molecule has 0 amide bonds. The van der Waals surface area contributed by atoms with E-state index in [1.165, 1.54) is 0 Å². The van der Waals surface area contributed by atoms with Crippen LogP contribution in [0.4, 0.5) is 0 Å². The molecule has 2 aliphatic rings. The molecule has 2 aliphatic carbocycles. The van der Waals surface area contributed by atoms with Crippen LogP contribution in [-0.2, 0) is 10.0 Å². The van der Waals surface area contributed by atoms with Crippen molar-refractivity contribution in [1.82, 2.24) is 4.72 Å². The van der Waals surface area contributed by atoms with Crippen molar-refractivity contribution in [3.63, 3.8) is 0 Å². The number of nitrogens with one attached hydrogen (secondary N) is 1. The Labute approximate surface area is 126 Å². The second kappa shape index (κ2) is 5.80. The molecule has 4 nitrogen and oxygen atoms in total. The molecule has 3 rings (SSSR count). The Morgan fingerprint density at radius 2 is 1.90 bits per heavy atom. The lowest BCUT2D eigenvalue weighted by molar-refractivity contribution is 0.471. The lowest BCUT2D eigenvalue weighted by Crippen LogP contribution is -2.38.